The molecule has 2 heterocycles. The van der Waals surface area contributed by atoms with Crippen LogP contribution in [0.25, 0.3) is 0 Å². The van der Waals surface area contributed by atoms with Gasteiger partial charge in [-0.25, -0.2) is 4.79 Å². The van der Waals surface area contributed by atoms with Crippen LogP contribution in [-0.2, 0) is 12.8 Å². The van der Waals surface area contributed by atoms with E-state index in [0.717, 1.165) is 17.1 Å². The number of urea groups is 1. The van der Waals surface area contributed by atoms with Crippen LogP contribution in [0.4, 0.5) is 4.79 Å². The minimum atomic E-state index is -0.241. The molecule has 24 heavy (non-hydrogen) atoms. The third kappa shape index (κ3) is 6.00. The second-order valence-corrected chi connectivity index (χ2v) is 6.08. The van der Waals surface area contributed by atoms with Gasteiger partial charge in [-0.3, -0.25) is 10.1 Å². The summed E-state index contributed by atoms with van der Waals surface area (Å²) in [6.07, 6.45) is 3.01. The number of nitrogens with one attached hydrogen (secondary N) is 3. The van der Waals surface area contributed by atoms with E-state index in [-0.39, 0.29) is 24.6 Å². The topological polar surface area (TPSA) is 103 Å². The van der Waals surface area contributed by atoms with Crippen LogP contribution in [0.1, 0.15) is 24.0 Å². The molecular formula is C17H25N5O2. The van der Waals surface area contributed by atoms with Crippen LogP contribution in [0.15, 0.2) is 30.5 Å². The van der Waals surface area contributed by atoms with Crippen molar-refractivity contribution >= 4 is 6.03 Å². The van der Waals surface area contributed by atoms with E-state index < -0.39 is 0 Å². The number of aliphatic hydroxyl groups is 1. The van der Waals surface area contributed by atoms with Crippen molar-refractivity contribution in [3.8, 4) is 0 Å². The summed E-state index contributed by atoms with van der Waals surface area (Å²) in [5.41, 5.74) is 2.83. The SMILES string of the molecule is Cc1cc(CC(C)NC(=O)NCC(CO)Cc2ccccn2)n[nH]1. The Morgan fingerprint density at radius 1 is 1.33 bits per heavy atom. The first-order chi connectivity index (χ1) is 11.6. The number of hydrogen-bond acceptors (Lipinski definition) is 4. The van der Waals surface area contributed by atoms with Gasteiger partial charge in [0.15, 0.2) is 0 Å². The van der Waals surface area contributed by atoms with Crippen LogP contribution < -0.4 is 10.6 Å². The smallest absolute Gasteiger partial charge is 0.315 e. The average Bonchev–Trinajstić information content (AvgIpc) is 2.97. The van der Waals surface area contributed by atoms with Gasteiger partial charge in [-0.15, -0.1) is 0 Å². The minimum Gasteiger partial charge on any atom is -0.396 e. The van der Waals surface area contributed by atoms with Crippen molar-refractivity contribution in [3.05, 3.63) is 47.5 Å². The number of hydrogen-bond donors (Lipinski definition) is 4. The van der Waals surface area contributed by atoms with Crippen molar-refractivity contribution in [2.24, 2.45) is 5.92 Å². The molecule has 0 fully saturated rings. The first-order valence-electron chi connectivity index (χ1n) is 8.13. The number of aromatic amines is 1. The summed E-state index contributed by atoms with van der Waals surface area (Å²) in [7, 11) is 0. The zero-order valence-corrected chi connectivity index (χ0v) is 14.1. The molecule has 2 unspecified atom stereocenters. The number of aliphatic hydroxyl groups excluding tert-OH is 1. The van der Waals surface area contributed by atoms with Crippen molar-refractivity contribution < 1.29 is 9.90 Å². The first kappa shape index (κ1) is 17.9. The number of aromatic nitrogens is 3. The molecule has 0 radical (unpaired) electrons. The Morgan fingerprint density at radius 3 is 2.79 bits per heavy atom. The summed E-state index contributed by atoms with van der Waals surface area (Å²) in [5.74, 6) is -0.0602. The number of pyridine rings is 1. The van der Waals surface area contributed by atoms with Gasteiger partial charge >= 0.3 is 6.03 Å². The highest BCUT2D eigenvalue weighted by Gasteiger charge is 2.13. The van der Waals surface area contributed by atoms with E-state index in [1.807, 2.05) is 38.1 Å². The highest BCUT2D eigenvalue weighted by molar-refractivity contribution is 5.74. The van der Waals surface area contributed by atoms with Gasteiger partial charge in [0.05, 0.1) is 5.69 Å². The third-order valence-electron chi connectivity index (χ3n) is 3.69. The van der Waals surface area contributed by atoms with Crippen LogP contribution in [0.2, 0.25) is 0 Å². The molecule has 2 atom stereocenters. The summed E-state index contributed by atoms with van der Waals surface area (Å²) < 4.78 is 0. The summed E-state index contributed by atoms with van der Waals surface area (Å²) in [5, 5.41) is 22.2. The van der Waals surface area contributed by atoms with E-state index in [1.54, 1.807) is 6.20 Å². The molecule has 0 aliphatic rings. The number of carbonyl (C=O) groups is 1. The lowest BCUT2D eigenvalue weighted by Gasteiger charge is -2.17. The second-order valence-electron chi connectivity index (χ2n) is 6.08. The van der Waals surface area contributed by atoms with Gasteiger partial charge in [0.2, 0.25) is 0 Å². The van der Waals surface area contributed by atoms with Crippen LogP contribution in [-0.4, -0.2) is 45.5 Å². The van der Waals surface area contributed by atoms with E-state index in [2.05, 4.69) is 25.8 Å². The number of amides is 2. The number of nitrogens with zero attached hydrogens (tertiary/aromatic N) is 2. The highest BCUT2D eigenvalue weighted by atomic mass is 16.3. The number of carbonyl (C=O) groups excluding carboxylic acids is 1. The Hall–Kier alpha value is -2.41. The van der Waals surface area contributed by atoms with Crippen molar-refractivity contribution in [1.29, 1.82) is 0 Å². The summed E-state index contributed by atoms with van der Waals surface area (Å²) in [6, 6.07) is 7.37. The van der Waals surface area contributed by atoms with Crippen molar-refractivity contribution in [1.82, 2.24) is 25.8 Å². The largest absolute Gasteiger partial charge is 0.396 e. The fourth-order valence-electron chi connectivity index (χ4n) is 2.47. The van der Waals surface area contributed by atoms with E-state index in [0.29, 0.717) is 19.4 Å². The fourth-order valence-corrected chi connectivity index (χ4v) is 2.47. The van der Waals surface area contributed by atoms with Crippen LogP contribution >= 0.6 is 0 Å². The molecule has 130 valence electrons. The predicted molar refractivity (Wildman–Crippen MR) is 91.5 cm³/mol. The lowest BCUT2D eigenvalue weighted by Crippen LogP contribution is -2.44. The van der Waals surface area contributed by atoms with Gasteiger partial charge < -0.3 is 15.7 Å². The van der Waals surface area contributed by atoms with Gasteiger partial charge in [0, 0.05) is 49.1 Å². The maximum Gasteiger partial charge on any atom is 0.315 e. The average molecular weight is 331 g/mol. The fraction of sp³-hybridized carbons (Fsp3) is 0.471. The molecule has 0 saturated heterocycles. The summed E-state index contributed by atoms with van der Waals surface area (Å²) in [6.45, 7) is 4.27. The monoisotopic (exact) mass is 331 g/mol. The maximum atomic E-state index is 12.0. The van der Waals surface area contributed by atoms with Crippen molar-refractivity contribution in [2.75, 3.05) is 13.2 Å². The molecule has 7 heteroatoms. The Bertz CT molecular complexity index is 629. The molecule has 0 aliphatic carbocycles. The summed E-state index contributed by atoms with van der Waals surface area (Å²) in [4.78, 5) is 16.2. The Balaban J connectivity index is 1.72. The lowest BCUT2D eigenvalue weighted by molar-refractivity contribution is 0.212. The molecule has 7 nitrogen and oxygen atoms in total. The van der Waals surface area contributed by atoms with Gasteiger partial charge in [-0.05, 0) is 38.5 Å². The zero-order chi connectivity index (χ0) is 17.4. The lowest BCUT2D eigenvalue weighted by atomic mass is 10.0. The van der Waals surface area contributed by atoms with Gasteiger partial charge in [-0.1, -0.05) is 6.07 Å². The van der Waals surface area contributed by atoms with Crippen LogP contribution in [0.3, 0.4) is 0 Å². The normalized spacial score (nSPS) is 13.3. The molecule has 2 aromatic rings. The van der Waals surface area contributed by atoms with Gasteiger partial charge in [0.25, 0.3) is 0 Å². The zero-order valence-electron chi connectivity index (χ0n) is 14.1. The van der Waals surface area contributed by atoms with E-state index in [1.165, 1.54) is 0 Å². The second kappa shape index (κ2) is 9.02. The standard InChI is InChI=1S/C17H25N5O2/c1-12(7-16-8-13(2)21-22-16)20-17(24)19-10-14(11-23)9-15-5-3-4-6-18-15/h3-6,8,12,14,23H,7,9-11H2,1-2H3,(H,21,22)(H2,19,20,24). The van der Waals surface area contributed by atoms with Gasteiger partial charge in [-0.2, -0.15) is 5.10 Å². The molecule has 0 saturated carbocycles. The maximum absolute atomic E-state index is 12.0. The molecule has 2 amide bonds. The number of aryl methyl sites for hydroxylation is 1. The first-order valence-corrected chi connectivity index (χ1v) is 8.13. The van der Waals surface area contributed by atoms with Crippen LogP contribution in [0, 0.1) is 12.8 Å². The highest BCUT2D eigenvalue weighted by Crippen LogP contribution is 2.05. The van der Waals surface area contributed by atoms with Gasteiger partial charge in [0.1, 0.15) is 0 Å². The Morgan fingerprint density at radius 2 is 2.17 bits per heavy atom. The van der Waals surface area contributed by atoms with Crippen LogP contribution in [0.5, 0.6) is 0 Å². The molecular weight excluding hydrogens is 306 g/mol. The number of rotatable bonds is 8. The number of H-pyrrole nitrogens is 1. The Kier molecular flexibility index (Phi) is 6.74. The molecule has 0 bridgehead atoms. The molecule has 0 aliphatic heterocycles. The van der Waals surface area contributed by atoms with E-state index in [9.17, 15) is 9.90 Å². The predicted octanol–water partition coefficient (Wildman–Crippen LogP) is 1.19. The molecule has 0 aromatic carbocycles. The quantitative estimate of drug-likeness (QED) is 0.583. The summed E-state index contributed by atoms with van der Waals surface area (Å²) >= 11 is 0. The molecule has 2 aromatic heterocycles. The minimum absolute atomic E-state index is 0.00104. The molecule has 4 N–H and O–H groups in total. The van der Waals surface area contributed by atoms with E-state index in [4.69, 9.17) is 0 Å². The van der Waals surface area contributed by atoms with E-state index >= 15 is 0 Å². The third-order valence-corrected chi connectivity index (χ3v) is 3.69. The molecule has 2 rings (SSSR count). The molecule has 0 spiro atoms. The van der Waals surface area contributed by atoms with Crippen molar-refractivity contribution in [2.45, 2.75) is 32.7 Å². The Labute approximate surface area is 141 Å². The van der Waals surface area contributed by atoms with Crippen molar-refractivity contribution in [3.63, 3.8) is 0 Å².